The highest BCUT2D eigenvalue weighted by Gasteiger charge is 2.25. The summed E-state index contributed by atoms with van der Waals surface area (Å²) in [4.78, 5) is 22.6. The first kappa shape index (κ1) is 26.5. The second-order valence-corrected chi connectivity index (χ2v) is 10.4. The Morgan fingerprint density at radius 1 is 0.951 bits per heavy atom. The lowest BCUT2D eigenvalue weighted by Gasteiger charge is -2.21. The molecule has 0 aliphatic carbocycles. The van der Waals surface area contributed by atoms with Crippen LogP contribution in [0.1, 0.15) is 32.5 Å². The van der Waals surface area contributed by atoms with E-state index in [1.807, 2.05) is 69.3 Å². The molecule has 0 radical (unpaired) electrons. The molecule has 206 valence electrons. The van der Waals surface area contributed by atoms with Crippen molar-refractivity contribution >= 4 is 39.2 Å². The minimum Gasteiger partial charge on any atom is -0.488 e. The molecule has 0 amide bonds. The fourth-order valence-electron chi connectivity index (χ4n) is 5.08. The normalized spacial score (nSPS) is 12.3. The van der Waals surface area contributed by atoms with Gasteiger partial charge in [0.2, 0.25) is 0 Å². The van der Waals surface area contributed by atoms with Gasteiger partial charge >= 0.3 is 0 Å². The number of nitrogens with two attached hydrogens (primary N) is 1. The molecule has 3 heterocycles. The number of hydrogen-bond acceptors (Lipinski definition) is 6. The van der Waals surface area contributed by atoms with Crippen molar-refractivity contribution in [2.24, 2.45) is 0 Å². The number of nitrogen functional groups attached to an aromatic ring is 1. The Morgan fingerprint density at radius 3 is 2.46 bits per heavy atom. The second-order valence-electron chi connectivity index (χ2n) is 9.99. The fourth-order valence-corrected chi connectivity index (χ4v) is 5.34. The lowest BCUT2D eigenvalue weighted by molar-refractivity contribution is 0.231. The lowest BCUT2D eigenvalue weighted by Crippen LogP contribution is -2.26. The highest BCUT2D eigenvalue weighted by Crippen LogP contribution is 2.35. The van der Waals surface area contributed by atoms with E-state index in [-0.39, 0.29) is 23.2 Å². The molecular weight excluding hydrogens is 543 g/mol. The quantitative estimate of drug-likeness (QED) is 0.244. The van der Waals surface area contributed by atoms with Crippen LogP contribution in [0, 0.1) is 5.82 Å². The first-order valence-corrected chi connectivity index (χ1v) is 13.5. The lowest BCUT2D eigenvalue weighted by atomic mass is 10.1. The van der Waals surface area contributed by atoms with Crippen molar-refractivity contribution in [3.05, 3.63) is 106 Å². The Balaban J connectivity index is 1.59. The van der Waals surface area contributed by atoms with Gasteiger partial charge in [-0.1, -0.05) is 41.9 Å². The Kier molecular flexibility index (Phi) is 6.67. The number of halogens is 2. The summed E-state index contributed by atoms with van der Waals surface area (Å²) >= 11 is 6.49. The zero-order chi connectivity index (χ0) is 28.8. The number of hydrogen-bond donors (Lipinski definition) is 1. The molecule has 0 saturated carbocycles. The minimum absolute atomic E-state index is 0.145. The van der Waals surface area contributed by atoms with Crippen molar-refractivity contribution in [2.45, 2.75) is 32.9 Å². The van der Waals surface area contributed by atoms with Gasteiger partial charge in [0.1, 0.15) is 17.8 Å². The van der Waals surface area contributed by atoms with E-state index in [1.54, 1.807) is 27.4 Å². The number of anilines is 1. The molecule has 6 rings (SSSR count). The van der Waals surface area contributed by atoms with Gasteiger partial charge in [-0.25, -0.2) is 19.0 Å². The molecule has 0 bridgehead atoms. The van der Waals surface area contributed by atoms with Crippen LogP contribution < -0.4 is 16.0 Å². The first-order valence-electron chi connectivity index (χ1n) is 13.1. The summed E-state index contributed by atoms with van der Waals surface area (Å²) < 4.78 is 23.9. The largest absolute Gasteiger partial charge is 0.488 e. The molecular formula is C31H26ClFN6O2. The van der Waals surface area contributed by atoms with E-state index in [2.05, 4.69) is 9.97 Å². The third-order valence-corrected chi connectivity index (χ3v) is 7.23. The van der Waals surface area contributed by atoms with Crippen LogP contribution in [0.5, 0.6) is 5.75 Å². The summed E-state index contributed by atoms with van der Waals surface area (Å²) in [6.45, 7) is 5.58. The van der Waals surface area contributed by atoms with E-state index >= 15 is 4.39 Å². The van der Waals surface area contributed by atoms with Gasteiger partial charge in [-0.3, -0.25) is 9.36 Å². The van der Waals surface area contributed by atoms with Gasteiger partial charge in [-0.15, -0.1) is 0 Å². The summed E-state index contributed by atoms with van der Waals surface area (Å²) in [5.41, 5.74) is 8.74. The molecule has 0 aliphatic rings. The van der Waals surface area contributed by atoms with Crippen LogP contribution in [0.2, 0.25) is 5.02 Å². The number of fused-ring (bicyclic) bond motifs is 2. The maximum absolute atomic E-state index is 15.0. The van der Waals surface area contributed by atoms with E-state index in [1.165, 1.54) is 12.4 Å². The van der Waals surface area contributed by atoms with Crippen LogP contribution in [0.25, 0.3) is 38.8 Å². The van der Waals surface area contributed by atoms with Crippen molar-refractivity contribution in [3.8, 4) is 22.7 Å². The highest BCUT2D eigenvalue weighted by molar-refractivity contribution is 6.35. The first-order chi connectivity index (χ1) is 19.7. The molecule has 0 fully saturated rings. The van der Waals surface area contributed by atoms with Gasteiger partial charge in [0, 0.05) is 11.3 Å². The van der Waals surface area contributed by atoms with E-state index < -0.39 is 11.9 Å². The van der Waals surface area contributed by atoms with Crippen LogP contribution in [-0.4, -0.2) is 30.4 Å². The Hall–Kier alpha value is -4.76. The van der Waals surface area contributed by atoms with Gasteiger partial charge < -0.3 is 10.5 Å². The average molecular weight is 569 g/mol. The molecule has 6 aromatic rings. The standard InChI is InChI=1S/C31H26ClFN6O2/c1-17(2)41-25-13-12-20(14-23(25)33)28-27-29(34)35-16-36-30(27)39(37-28)18(3)24-15-19-8-7-11-22(32)26(19)31(40)38(24)21-9-5-4-6-10-21/h4-18H,1-3H3,(H2,34,35,36). The summed E-state index contributed by atoms with van der Waals surface area (Å²) in [7, 11) is 0. The van der Waals surface area contributed by atoms with Crippen LogP contribution in [0.15, 0.2) is 83.9 Å². The molecule has 1 unspecified atom stereocenters. The van der Waals surface area contributed by atoms with Gasteiger partial charge in [-0.05, 0) is 68.6 Å². The summed E-state index contributed by atoms with van der Waals surface area (Å²) in [5, 5.41) is 6.85. The molecule has 3 aromatic heterocycles. The van der Waals surface area contributed by atoms with Crippen molar-refractivity contribution in [1.29, 1.82) is 0 Å². The molecule has 0 aliphatic heterocycles. The van der Waals surface area contributed by atoms with E-state index in [0.717, 1.165) is 0 Å². The van der Waals surface area contributed by atoms with Gasteiger partial charge in [0.25, 0.3) is 5.56 Å². The van der Waals surface area contributed by atoms with Crippen LogP contribution >= 0.6 is 11.6 Å². The van der Waals surface area contributed by atoms with Crippen LogP contribution in [-0.2, 0) is 0 Å². The topological polar surface area (TPSA) is 101 Å². The van der Waals surface area contributed by atoms with Crippen molar-refractivity contribution in [1.82, 2.24) is 24.3 Å². The minimum atomic E-state index is -0.522. The van der Waals surface area contributed by atoms with Crippen LogP contribution in [0.4, 0.5) is 10.2 Å². The Bertz CT molecular complexity index is 1990. The van der Waals surface area contributed by atoms with E-state index in [0.29, 0.717) is 49.5 Å². The number of aromatic nitrogens is 5. The summed E-state index contributed by atoms with van der Waals surface area (Å²) in [5.74, 6) is -0.171. The summed E-state index contributed by atoms with van der Waals surface area (Å²) in [6.07, 6.45) is 1.18. The monoisotopic (exact) mass is 568 g/mol. The third-order valence-electron chi connectivity index (χ3n) is 6.92. The predicted molar refractivity (Wildman–Crippen MR) is 159 cm³/mol. The second kappa shape index (κ2) is 10.3. The number of benzene rings is 3. The highest BCUT2D eigenvalue weighted by atomic mass is 35.5. The van der Waals surface area contributed by atoms with E-state index in [9.17, 15) is 4.79 Å². The molecule has 8 nitrogen and oxygen atoms in total. The smallest absolute Gasteiger partial charge is 0.264 e. The van der Waals surface area contributed by atoms with Crippen LogP contribution in [0.3, 0.4) is 0 Å². The summed E-state index contributed by atoms with van der Waals surface area (Å²) in [6, 6.07) is 20.8. The average Bonchev–Trinajstić information content (AvgIpc) is 3.35. The van der Waals surface area contributed by atoms with Crippen molar-refractivity contribution in [2.75, 3.05) is 5.73 Å². The predicted octanol–water partition coefficient (Wildman–Crippen LogP) is 6.57. The molecule has 0 saturated heterocycles. The number of pyridine rings is 1. The van der Waals surface area contributed by atoms with E-state index in [4.69, 9.17) is 27.2 Å². The number of rotatable bonds is 6. The molecule has 41 heavy (non-hydrogen) atoms. The van der Waals surface area contributed by atoms with Gasteiger partial charge in [0.15, 0.2) is 17.2 Å². The maximum Gasteiger partial charge on any atom is 0.264 e. The maximum atomic E-state index is 15.0. The van der Waals surface area contributed by atoms with Gasteiger partial charge in [-0.2, -0.15) is 5.10 Å². The number of ether oxygens (including phenoxy) is 1. The van der Waals surface area contributed by atoms with Gasteiger partial charge in [0.05, 0.1) is 33.6 Å². The third kappa shape index (κ3) is 4.58. The molecule has 10 heteroatoms. The molecule has 2 N–H and O–H groups in total. The van der Waals surface area contributed by atoms with Crippen molar-refractivity contribution in [3.63, 3.8) is 0 Å². The molecule has 3 aromatic carbocycles. The van der Waals surface area contributed by atoms with Crippen molar-refractivity contribution < 1.29 is 9.13 Å². The number of para-hydroxylation sites is 1. The SMILES string of the molecule is CC(C)Oc1ccc(-c2nn(C(C)c3cc4cccc(Cl)c4c(=O)n3-c3ccccc3)c3ncnc(N)c23)cc1F. The Labute approximate surface area is 239 Å². The molecule has 0 spiro atoms. The fraction of sp³-hybridized carbons (Fsp3) is 0.161. The molecule has 1 atom stereocenters. The zero-order valence-corrected chi connectivity index (χ0v) is 23.3. The Morgan fingerprint density at radius 2 is 1.73 bits per heavy atom. The number of nitrogens with zero attached hydrogens (tertiary/aromatic N) is 5. The zero-order valence-electron chi connectivity index (χ0n) is 22.5.